The minimum absolute atomic E-state index is 0.135. The molecule has 2 N–H and O–H groups in total. The van der Waals surface area contributed by atoms with Gasteiger partial charge in [-0.15, -0.1) is 0 Å². The molecule has 15 heavy (non-hydrogen) atoms. The molecule has 1 aliphatic rings. The van der Waals surface area contributed by atoms with Gasteiger partial charge in [0, 0.05) is 12.6 Å². The van der Waals surface area contributed by atoms with Crippen LogP contribution in [0.25, 0.3) is 0 Å². The highest BCUT2D eigenvalue weighted by Crippen LogP contribution is 2.24. The largest absolute Gasteiger partial charge is 0.330 e. The van der Waals surface area contributed by atoms with Gasteiger partial charge in [-0.05, 0) is 39.7 Å². The van der Waals surface area contributed by atoms with Crippen LogP contribution in [0.15, 0.2) is 0 Å². The first kappa shape index (κ1) is 12.9. The highest BCUT2D eigenvalue weighted by atomic mass is 32.2. The molecule has 1 aliphatic heterocycles. The number of piperidine rings is 1. The normalized spacial score (nSPS) is 24.7. The molecule has 1 fully saturated rings. The zero-order valence-corrected chi connectivity index (χ0v) is 10.5. The van der Waals surface area contributed by atoms with Crippen LogP contribution < -0.4 is 5.73 Å². The van der Waals surface area contributed by atoms with Crippen LogP contribution in [-0.2, 0) is 10.0 Å². The first-order valence-corrected chi connectivity index (χ1v) is 7.21. The lowest BCUT2D eigenvalue weighted by Crippen LogP contribution is -2.47. The van der Waals surface area contributed by atoms with Crippen molar-refractivity contribution in [2.24, 2.45) is 5.73 Å². The molecule has 0 amide bonds. The molecule has 1 saturated heterocycles. The van der Waals surface area contributed by atoms with E-state index in [-0.39, 0.29) is 11.3 Å². The fraction of sp³-hybridized carbons (Fsp3) is 1.00. The van der Waals surface area contributed by atoms with E-state index in [4.69, 9.17) is 5.73 Å². The molecule has 0 aromatic carbocycles. The summed E-state index contributed by atoms with van der Waals surface area (Å²) < 4.78 is 25.8. The Labute approximate surface area is 92.9 Å². The third-order valence-corrected chi connectivity index (χ3v) is 5.32. The van der Waals surface area contributed by atoms with Crippen molar-refractivity contribution in [1.29, 1.82) is 0 Å². The third-order valence-electron chi connectivity index (χ3n) is 3.00. The van der Waals surface area contributed by atoms with Crippen LogP contribution >= 0.6 is 0 Å². The summed E-state index contributed by atoms with van der Waals surface area (Å²) in [5.41, 5.74) is 5.52. The van der Waals surface area contributed by atoms with E-state index >= 15 is 0 Å². The predicted octanol–water partition coefficient (Wildman–Crippen LogP) is 0.928. The zero-order valence-electron chi connectivity index (χ0n) is 9.65. The van der Waals surface area contributed by atoms with Crippen molar-refractivity contribution in [2.45, 2.75) is 50.8 Å². The Morgan fingerprint density at radius 2 is 2.07 bits per heavy atom. The molecule has 0 spiro atoms. The summed E-state index contributed by atoms with van der Waals surface area (Å²) in [6, 6.07) is 0.135. The van der Waals surface area contributed by atoms with Crippen molar-refractivity contribution in [1.82, 2.24) is 4.31 Å². The Balaban J connectivity index is 2.80. The molecule has 1 rings (SSSR count). The van der Waals surface area contributed by atoms with Crippen LogP contribution in [0.3, 0.4) is 0 Å². The molecule has 0 aromatic heterocycles. The first-order valence-electron chi connectivity index (χ1n) is 5.71. The van der Waals surface area contributed by atoms with Gasteiger partial charge in [-0.2, -0.15) is 4.31 Å². The SMILES string of the molecule is CC(C)S(=O)(=O)N1CCCCC1CCN. The molecule has 0 aromatic rings. The van der Waals surface area contributed by atoms with Crippen LogP contribution in [0.2, 0.25) is 0 Å². The Morgan fingerprint density at radius 1 is 1.40 bits per heavy atom. The standard InChI is InChI=1S/C10H22N2O2S/c1-9(2)15(13,14)12-8-4-3-5-10(12)6-7-11/h9-10H,3-8,11H2,1-2H3. The van der Waals surface area contributed by atoms with Crippen molar-refractivity contribution in [3.63, 3.8) is 0 Å². The molecule has 0 saturated carbocycles. The van der Waals surface area contributed by atoms with Crippen molar-refractivity contribution in [3.8, 4) is 0 Å². The van der Waals surface area contributed by atoms with Gasteiger partial charge in [0.2, 0.25) is 10.0 Å². The maximum absolute atomic E-state index is 12.1. The van der Waals surface area contributed by atoms with Gasteiger partial charge in [0.1, 0.15) is 0 Å². The van der Waals surface area contributed by atoms with Crippen molar-refractivity contribution in [3.05, 3.63) is 0 Å². The molecule has 1 unspecified atom stereocenters. The number of nitrogens with zero attached hydrogens (tertiary/aromatic N) is 1. The first-order chi connectivity index (χ1) is 7.00. The average molecular weight is 234 g/mol. The third kappa shape index (κ3) is 2.92. The lowest BCUT2D eigenvalue weighted by atomic mass is 10.0. The van der Waals surface area contributed by atoms with Crippen molar-refractivity contribution < 1.29 is 8.42 Å². The quantitative estimate of drug-likeness (QED) is 0.787. The van der Waals surface area contributed by atoms with Crippen LogP contribution in [0.4, 0.5) is 0 Å². The number of hydrogen-bond donors (Lipinski definition) is 1. The van der Waals surface area contributed by atoms with Gasteiger partial charge in [-0.25, -0.2) is 8.42 Å². The summed E-state index contributed by atoms with van der Waals surface area (Å²) in [6.45, 7) is 4.72. The monoisotopic (exact) mass is 234 g/mol. The van der Waals surface area contributed by atoms with Crippen molar-refractivity contribution >= 4 is 10.0 Å². The fourth-order valence-electron chi connectivity index (χ4n) is 2.06. The molecule has 1 atom stereocenters. The van der Waals surface area contributed by atoms with E-state index in [2.05, 4.69) is 0 Å². The van der Waals surface area contributed by atoms with Crippen LogP contribution in [0.5, 0.6) is 0 Å². The predicted molar refractivity (Wildman–Crippen MR) is 62.1 cm³/mol. The molecular formula is C10H22N2O2S. The van der Waals surface area contributed by atoms with Gasteiger partial charge in [-0.3, -0.25) is 0 Å². The molecule has 90 valence electrons. The van der Waals surface area contributed by atoms with Crippen LogP contribution in [0.1, 0.15) is 39.5 Å². The van der Waals surface area contributed by atoms with Gasteiger partial charge in [0.05, 0.1) is 5.25 Å². The molecular weight excluding hydrogens is 212 g/mol. The number of hydrogen-bond acceptors (Lipinski definition) is 3. The van der Waals surface area contributed by atoms with E-state index < -0.39 is 10.0 Å². The molecule has 4 nitrogen and oxygen atoms in total. The van der Waals surface area contributed by atoms with E-state index in [1.54, 1.807) is 18.2 Å². The summed E-state index contributed by atoms with van der Waals surface area (Å²) in [6.07, 6.45) is 3.84. The Bertz CT molecular complexity index is 286. The zero-order chi connectivity index (χ0) is 11.5. The second kappa shape index (κ2) is 5.27. The van der Waals surface area contributed by atoms with Crippen LogP contribution in [-0.4, -0.2) is 37.1 Å². The number of nitrogens with two attached hydrogens (primary N) is 1. The lowest BCUT2D eigenvalue weighted by Gasteiger charge is -2.35. The Kier molecular flexibility index (Phi) is 4.55. The summed E-state index contributed by atoms with van der Waals surface area (Å²) in [7, 11) is -3.09. The topological polar surface area (TPSA) is 63.4 Å². The van der Waals surface area contributed by atoms with E-state index in [9.17, 15) is 8.42 Å². The smallest absolute Gasteiger partial charge is 0.216 e. The highest BCUT2D eigenvalue weighted by molar-refractivity contribution is 7.89. The summed E-state index contributed by atoms with van der Waals surface area (Å²) >= 11 is 0. The van der Waals surface area contributed by atoms with E-state index in [1.165, 1.54) is 0 Å². The second-order valence-electron chi connectivity index (χ2n) is 4.43. The van der Waals surface area contributed by atoms with E-state index in [0.717, 1.165) is 25.7 Å². The minimum atomic E-state index is -3.09. The maximum atomic E-state index is 12.1. The average Bonchev–Trinajstić information content (AvgIpc) is 2.18. The van der Waals surface area contributed by atoms with E-state index in [0.29, 0.717) is 13.1 Å². The van der Waals surface area contributed by atoms with Gasteiger partial charge in [-0.1, -0.05) is 6.42 Å². The lowest BCUT2D eigenvalue weighted by molar-refractivity contribution is 0.241. The minimum Gasteiger partial charge on any atom is -0.330 e. The number of rotatable bonds is 4. The Morgan fingerprint density at radius 3 is 2.60 bits per heavy atom. The Hall–Kier alpha value is -0.130. The summed E-state index contributed by atoms with van der Waals surface area (Å²) in [4.78, 5) is 0. The van der Waals surface area contributed by atoms with Crippen molar-refractivity contribution in [2.75, 3.05) is 13.1 Å². The van der Waals surface area contributed by atoms with Crippen LogP contribution in [0, 0.1) is 0 Å². The summed E-state index contributed by atoms with van der Waals surface area (Å²) in [5.74, 6) is 0. The van der Waals surface area contributed by atoms with Gasteiger partial charge < -0.3 is 5.73 Å². The second-order valence-corrected chi connectivity index (χ2v) is 6.87. The van der Waals surface area contributed by atoms with Gasteiger partial charge in [0.25, 0.3) is 0 Å². The fourth-order valence-corrected chi connectivity index (χ4v) is 3.61. The van der Waals surface area contributed by atoms with E-state index in [1.807, 2.05) is 0 Å². The molecule has 5 heteroatoms. The molecule has 0 radical (unpaired) electrons. The maximum Gasteiger partial charge on any atom is 0.216 e. The van der Waals surface area contributed by atoms with Gasteiger partial charge >= 0.3 is 0 Å². The van der Waals surface area contributed by atoms with Gasteiger partial charge in [0.15, 0.2) is 0 Å². The number of sulfonamides is 1. The molecule has 0 bridgehead atoms. The molecule has 1 heterocycles. The molecule has 0 aliphatic carbocycles. The summed E-state index contributed by atoms with van der Waals surface area (Å²) in [5, 5.41) is -0.323. The highest BCUT2D eigenvalue weighted by Gasteiger charge is 2.33.